The summed E-state index contributed by atoms with van der Waals surface area (Å²) in [5.41, 5.74) is -0.652. The van der Waals surface area contributed by atoms with Crippen molar-refractivity contribution in [3.63, 3.8) is 0 Å². The predicted octanol–water partition coefficient (Wildman–Crippen LogP) is 4.14. The Morgan fingerprint density at radius 3 is 2.71 bits per heavy atom. The third kappa shape index (κ3) is 5.93. The maximum atomic E-state index is 12.8. The average Bonchev–Trinajstić information content (AvgIpc) is 3.35. The molecule has 0 radical (unpaired) electrons. The molecule has 0 saturated heterocycles. The largest absolute Gasteiger partial charge is 0.459 e. The number of carbonyl (C=O) groups excluding carboxylic acids is 1. The van der Waals surface area contributed by atoms with Crippen molar-refractivity contribution in [1.82, 2.24) is 9.71 Å². The summed E-state index contributed by atoms with van der Waals surface area (Å²) in [6, 6.07) is 7.01. The van der Waals surface area contributed by atoms with E-state index in [-0.39, 0.29) is 19.6 Å². The van der Waals surface area contributed by atoms with Gasteiger partial charge in [-0.3, -0.25) is 4.79 Å². The minimum absolute atomic E-state index is 0.153. The van der Waals surface area contributed by atoms with Crippen LogP contribution in [0.1, 0.15) is 23.4 Å². The average molecular weight is 474 g/mol. The first kappa shape index (κ1) is 23.0. The summed E-state index contributed by atoms with van der Waals surface area (Å²) in [5.74, 6) is 0.195. The minimum Gasteiger partial charge on any atom is -0.459 e. The van der Waals surface area contributed by atoms with Gasteiger partial charge >= 0.3 is 12.1 Å². The Balaban J connectivity index is 1.51. The number of alkyl halides is 3. The molecule has 7 nitrogen and oxygen atoms in total. The van der Waals surface area contributed by atoms with Crippen LogP contribution in [0.25, 0.3) is 10.8 Å². The molecule has 1 aromatic carbocycles. The quantitative estimate of drug-likeness (QED) is 0.493. The summed E-state index contributed by atoms with van der Waals surface area (Å²) in [4.78, 5) is 16.5. The van der Waals surface area contributed by atoms with Gasteiger partial charge < -0.3 is 9.15 Å². The molecule has 2 heterocycles. The fourth-order valence-electron chi connectivity index (χ4n) is 2.50. The maximum absolute atomic E-state index is 12.8. The lowest BCUT2D eigenvalue weighted by Gasteiger charge is -2.10. The van der Waals surface area contributed by atoms with Gasteiger partial charge in [0.05, 0.1) is 21.8 Å². The van der Waals surface area contributed by atoms with E-state index in [1.165, 1.54) is 11.3 Å². The van der Waals surface area contributed by atoms with Gasteiger partial charge in [-0.2, -0.15) is 13.2 Å². The lowest BCUT2D eigenvalue weighted by Crippen LogP contribution is -2.27. The highest BCUT2D eigenvalue weighted by Gasteiger charge is 2.31. The molecule has 3 aromatic rings. The third-order valence-electron chi connectivity index (χ3n) is 4.09. The van der Waals surface area contributed by atoms with E-state index < -0.39 is 32.6 Å². The van der Waals surface area contributed by atoms with Crippen LogP contribution in [0.2, 0.25) is 0 Å². The SMILES string of the molecule is Cc1oc(-c2cccs2)nc1COC(=O)CCNS(=O)(=O)c1cccc(C(F)(F)F)c1. The number of aryl methyl sites for hydroxylation is 1. The molecule has 0 unspecified atom stereocenters. The summed E-state index contributed by atoms with van der Waals surface area (Å²) in [7, 11) is -4.22. The molecule has 2 aromatic heterocycles. The number of nitrogens with one attached hydrogen (secondary N) is 1. The molecule has 12 heteroatoms. The van der Waals surface area contributed by atoms with Crippen molar-refractivity contribution in [3.8, 4) is 10.8 Å². The molecule has 0 bridgehead atoms. The Hall–Kier alpha value is -2.70. The van der Waals surface area contributed by atoms with Crippen molar-refractivity contribution in [1.29, 1.82) is 0 Å². The zero-order valence-electron chi connectivity index (χ0n) is 16.1. The number of thiophene rings is 1. The van der Waals surface area contributed by atoms with E-state index in [2.05, 4.69) is 9.71 Å². The van der Waals surface area contributed by atoms with Crippen LogP contribution in [-0.2, 0) is 32.3 Å². The molecule has 0 saturated carbocycles. The van der Waals surface area contributed by atoms with Crippen molar-refractivity contribution in [2.75, 3.05) is 6.54 Å². The number of halogens is 3. The van der Waals surface area contributed by atoms with Gasteiger partial charge in [-0.15, -0.1) is 11.3 Å². The molecule has 0 spiro atoms. The van der Waals surface area contributed by atoms with Crippen molar-refractivity contribution in [2.45, 2.75) is 31.0 Å². The summed E-state index contributed by atoms with van der Waals surface area (Å²) in [6.07, 6.45) is -4.98. The highest BCUT2D eigenvalue weighted by atomic mass is 32.2. The second-order valence-corrected chi connectivity index (χ2v) is 9.05. The van der Waals surface area contributed by atoms with Gasteiger partial charge in [0.15, 0.2) is 0 Å². The maximum Gasteiger partial charge on any atom is 0.416 e. The van der Waals surface area contributed by atoms with Crippen molar-refractivity contribution < 1.29 is 35.5 Å². The van der Waals surface area contributed by atoms with E-state index in [4.69, 9.17) is 9.15 Å². The smallest absolute Gasteiger partial charge is 0.416 e. The molecule has 0 aliphatic heterocycles. The summed E-state index contributed by atoms with van der Waals surface area (Å²) >= 11 is 1.44. The molecule has 0 aliphatic rings. The fraction of sp³-hybridized carbons (Fsp3) is 0.263. The Bertz CT molecular complexity index is 1160. The normalized spacial score (nSPS) is 12.1. The van der Waals surface area contributed by atoms with Crippen molar-refractivity contribution in [2.24, 2.45) is 0 Å². The number of hydrogen-bond acceptors (Lipinski definition) is 7. The van der Waals surface area contributed by atoms with Crippen LogP contribution in [-0.4, -0.2) is 25.9 Å². The summed E-state index contributed by atoms with van der Waals surface area (Å²) in [6.45, 7) is 1.19. The van der Waals surface area contributed by atoms with Crippen LogP contribution in [0.5, 0.6) is 0 Å². The zero-order chi connectivity index (χ0) is 22.6. The number of benzene rings is 1. The first-order valence-corrected chi connectivity index (χ1v) is 11.3. The number of carbonyl (C=O) groups is 1. The lowest BCUT2D eigenvalue weighted by atomic mass is 10.2. The number of oxazole rings is 1. The van der Waals surface area contributed by atoms with Gasteiger partial charge in [0, 0.05) is 6.54 Å². The van der Waals surface area contributed by atoms with E-state index in [0.717, 1.165) is 23.1 Å². The molecular formula is C19H17F3N2O5S2. The first-order valence-electron chi connectivity index (χ1n) is 8.89. The van der Waals surface area contributed by atoms with E-state index in [1.54, 1.807) is 6.92 Å². The molecule has 0 amide bonds. The van der Waals surface area contributed by atoms with E-state index >= 15 is 0 Å². The van der Waals surface area contributed by atoms with Gasteiger partial charge in [0.25, 0.3) is 0 Å². The lowest BCUT2D eigenvalue weighted by molar-refractivity contribution is -0.144. The molecule has 166 valence electrons. The number of hydrogen-bond donors (Lipinski definition) is 1. The number of ether oxygens (including phenoxy) is 1. The number of esters is 1. The third-order valence-corrected chi connectivity index (χ3v) is 6.40. The van der Waals surface area contributed by atoms with Gasteiger partial charge in [0.2, 0.25) is 15.9 Å². The van der Waals surface area contributed by atoms with Gasteiger partial charge in [-0.05, 0) is 36.6 Å². The number of aromatic nitrogens is 1. The fourth-order valence-corrected chi connectivity index (χ4v) is 4.23. The molecule has 0 fully saturated rings. The molecule has 0 atom stereocenters. The highest BCUT2D eigenvalue weighted by Crippen LogP contribution is 2.30. The van der Waals surface area contributed by atoms with Crippen LogP contribution in [0.3, 0.4) is 0 Å². The van der Waals surface area contributed by atoms with Crippen molar-refractivity contribution >= 4 is 27.3 Å². The second-order valence-electron chi connectivity index (χ2n) is 6.33. The van der Waals surface area contributed by atoms with Crippen LogP contribution in [0, 0.1) is 6.92 Å². The van der Waals surface area contributed by atoms with Crippen LogP contribution < -0.4 is 4.72 Å². The van der Waals surface area contributed by atoms with Crippen LogP contribution in [0.15, 0.2) is 51.1 Å². The van der Waals surface area contributed by atoms with E-state index in [1.807, 2.05) is 17.5 Å². The first-order chi connectivity index (χ1) is 14.6. The Kier molecular flexibility index (Phi) is 6.82. The predicted molar refractivity (Wildman–Crippen MR) is 106 cm³/mol. The van der Waals surface area contributed by atoms with Gasteiger partial charge in [0.1, 0.15) is 18.1 Å². The Morgan fingerprint density at radius 1 is 1.26 bits per heavy atom. The molecular weight excluding hydrogens is 457 g/mol. The molecule has 0 aliphatic carbocycles. The number of rotatable bonds is 8. The molecule has 31 heavy (non-hydrogen) atoms. The Morgan fingerprint density at radius 2 is 2.03 bits per heavy atom. The van der Waals surface area contributed by atoms with Crippen molar-refractivity contribution in [3.05, 3.63) is 58.8 Å². The molecule has 1 N–H and O–H groups in total. The zero-order valence-corrected chi connectivity index (χ0v) is 17.7. The van der Waals surface area contributed by atoms with Gasteiger partial charge in [-0.1, -0.05) is 12.1 Å². The Labute approximate surface area is 179 Å². The van der Waals surface area contributed by atoms with E-state index in [9.17, 15) is 26.4 Å². The molecule has 3 rings (SSSR count). The second kappa shape index (κ2) is 9.20. The highest BCUT2D eigenvalue weighted by molar-refractivity contribution is 7.89. The van der Waals surface area contributed by atoms with E-state index in [0.29, 0.717) is 23.4 Å². The van der Waals surface area contributed by atoms with Crippen LogP contribution >= 0.6 is 11.3 Å². The van der Waals surface area contributed by atoms with Crippen LogP contribution in [0.4, 0.5) is 13.2 Å². The summed E-state index contributed by atoms with van der Waals surface area (Å²) < 4.78 is 75.3. The van der Waals surface area contributed by atoms with Gasteiger partial charge in [-0.25, -0.2) is 18.1 Å². The topological polar surface area (TPSA) is 98.5 Å². The number of nitrogens with zero attached hydrogens (tertiary/aromatic N) is 1. The minimum atomic E-state index is -4.67. The number of sulfonamides is 1. The monoisotopic (exact) mass is 474 g/mol. The standard InChI is InChI=1S/C19H17F3N2O5S2/c1-12-15(24-18(29-12)16-6-3-9-30-16)11-28-17(25)7-8-23-31(26,27)14-5-2-4-13(10-14)19(20,21)22/h2-6,9-10,23H,7-8,11H2,1H3. The summed E-state index contributed by atoms with van der Waals surface area (Å²) in [5, 5.41) is 1.87.